The van der Waals surface area contributed by atoms with Crippen molar-refractivity contribution in [2.75, 3.05) is 13.2 Å². The van der Waals surface area contributed by atoms with Gasteiger partial charge in [0.1, 0.15) is 19.3 Å². The van der Waals surface area contributed by atoms with E-state index in [1.807, 2.05) is 0 Å². The van der Waals surface area contributed by atoms with E-state index in [0.717, 1.165) is 77.0 Å². The van der Waals surface area contributed by atoms with Crippen molar-refractivity contribution >= 4 is 11.9 Å². The summed E-state index contributed by atoms with van der Waals surface area (Å²) in [7, 11) is 0. The Labute approximate surface area is 281 Å². The molecule has 0 aromatic carbocycles. The van der Waals surface area contributed by atoms with Crippen LogP contribution < -0.4 is 0 Å². The van der Waals surface area contributed by atoms with E-state index in [1.54, 1.807) is 0 Å². The zero-order chi connectivity index (χ0) is 33.1. The van der Waals surface area contributed by atoms with Gasteiger partial charge in [-0.2, -0.15) is 0 Å². The molecule has 7 heteroatoms. The van der Waals surface area contributed by atoms with Crippen LogP contribution in [-0.4, -0.2) is 60.8 Å². The first-order chi connectivity index (χ1) is 22.5. The van der Waals surface area contributed by atoms with E-state index in [2.05, 4.69) is 38.2 Å². The monoisotopic (exact) mass is 648 g/mol. The highest BCUT2D eigenvalue weighted by molar-refractivity contribution is 5.69. The summed E-state index contributed by atoms with van der Waals surface area (Å²) in [6.45, 7) is 4.20. The van der Waals surface area contributed by atoms with Gasteiger partial charge in [-0.15, -0.1) is 0 Å². The van der Waals surface area contributed by atoms with Crippen LogP contribution in [0.5, 0.6) is 0 Å². The summed E-state index contributed by atoms with van der Waals surface area (Å²) in [6.07, 6.45) is 35.7. The lowest BCUT2D eigenvalue weighted by atomic mass is 10.1. The first-order valence-electron chi connectivity index (χ1n) is 19.1. The second-order valence-corrected chi connectivity index (χ2v) is 13.5. The number of allylic oxidation sites excluding steroid dienone is 2. The Balaban J connectivity index is 1.28. The van der Waals surface area contributed by atoms with Gasteiger partial charge in [0, 0.05) is 12.8 Å². The van der Waals surface area contributed by atoms with Crippen LogP contribution in [0, 0.1) is 0 Å². The van der Waals surface area contributed by atoms with Gasteiger partial charge in [-0.05, 0) is 64.2 Å². The molecule has 0 saturated carbocycles. The number of esters is 2. The molecular formula is C39H68O7. The molecule has 266 valence electrons. The number of aliphatic hydroxyl groups is 1. The van der Waals surface area contributed by atoms with E-state index in [-0.39, 0.29) is 25.2 Å². The molecule has 0 spiro atoms. The lowest BCUT2D eigenvalue weighted by molar-refractivity contribution is -0.152. The van der Waals surface area contributed by atoms with Crippen LogP contribution in [0.4, 0.5) is 0 Å². The first-order valence-corrected chi connectivity index (χ1v) is 19.1. The van der Waals surface area contributed by atoms with Gasteiger partial charge in [0.15, 0.2) is 0 Å². The molecule has 2 heterocycles. The highest BCUT2D eigenvalue weighted by Crippen LogP contribution is 2.31. The summed E-state index contributed by atoms with van der Waals surface area (Å²) in [6, 6.07) is 0. The molecule has 4 unspecified atom stereocenters. The molecule has 46 heavy (non-hydrogen) atoms. The third kappa shape index (κ3) is 22.8. The zero-order valence-corrected chi connectivity index (χ0v) is 29.5. The lowest BCUT2D eigenvalue weighted by Crippen LogP contribution is -2.25. The molecule has 0 bridgehead atoms. The summed E-state index contributed by atoms with van der Waals surface area (Å²) >= 11 is 0. The van der Waals surface area contributed by atoms with E-state index in [1.165, 1.54) is 64.2 Å². The van der Waals surface area contributed by atoms with Gasteiger partial charge in [0.05, 0.1) is 24.4 Å². The molecule has 2 fully saturated rings. The van der Waals surface area contributed by atoms with Gasteiger partial charge in [-0.1, -0.05) is 115 Å². The van der Waals surface area contributed by atoms with E-state index in [0.29, 0.717) is 37.3 Å². The summed E-state index contributed by atoms with van der Waals surface area (Å²) in [5.41, 5.74) is 0. The quantitative estimate of drug-likeness (QED) is 0.0336. The highest BCUT2D eigenvalue weighted by Gasteiger charge is 2.37. The summed E-state index contributed by atoms with van der Waals surface area (Å²) in [5, 5.41) is 10.0. The molecule has 0 radical (unpaired) electrons. The number of rotatable bonds is 32. The van der Waals surface area contributed by atoms with Gasteiger partial charge < -0.3 is 24.1 Å². The average molecular weight is 649 g/mol. The number of epoxide rings is 2. The summed E-state index contributed by atoms with van der Waals surface area (Å²) in [5.74, 6) is -0.607. The summed E-state index contributed by atoms with van der Waals surface area (Å²) < 4.78 is 21.8. The van der Waals surface area contributed by atoms with Crippen molar-refractivity contribution in [3.05, 3.63) is 24.3 Å². The Morgan fingerprint density at radius 2 is 0.978 bits per heavy atom. The first kappa shape index (κ1) is 40.5. The van der Waals surface area contributed by atoms with Crippen LogP contribution in [0.1, 0.15) is 168 Å². The maximum Gasteiger partial charge on any atom is 0.305 e. The number of hydrogen-bond acceptors (Lipinski definition) is 7. The predicted molar refractivity (Wildman–Crippen MR) is 186 cm³/mol. The van der Waals surface area contributed by atoms with Crippen molar-refractivity contribution in [2.24, 2.45) is 0 Å². The van der Waals surface area contributed by atoms with E-state index in [9.17, 15) is 14.7 Å². The molecule has 0 aromatic heterocycles. The van der Waals surface area contributed by atoms with Crippen molar-refractivity contribution in [1.29, 1.82) is 0 Å². The van der Waals surface area contributed by atoms with Gasteiger partial charge in [-0.25, -0.2) is 0 Å². The maximum atomic E-state index is 12.0. The molecule has 0 aliphatic carbocycles. The van der Waals surface area contributed by atoms with Crippen molar-refractivity contribution in [3.8, 4) is 0 Å². The zero-order valence-electron chi connectivity index (χ0n) is 29.5. The van der Waals surface area contributed by atoms with Gasteiger partial charge in [0.2, 0.25) is 0 Å². The molecule has 4 atom stereocenters. The highest BCUT2D eigenvalue weighted by atomic mass is 16.6. The van der Waals surface area contributed by atoms with Crippen molar-refractivity contribution < 1.29 is 33.6 Å². The van der Waals surface area contributed by atoms with Crippen LogP contribution in [-0.2, 0) is 28.5 Å². The predicted octanol–water partition coefficient (Wildman–Crippen LogP) is 9.48. The second kappa shape index (κ2) is 27.3. The van der Waals surface area contributed by atoms with Gasteiger partial charge in [0.25, 0.3) is 0 Å². The molecule has 2 saturated heterocycles. The average Bonchev–Trinajstić information content (AvgIpc) is 3.98. The van der Waals surface area contributed by atoms with Crippen molar-refractivity contribution in [3.63, 3.8) is 0 Å². The molecule has 2 rings (SSSR count). The Hall–Kier alpha value is -1.70. The molecule has 0 amide bonds. The fourth-order valence-electron chi connectivity index (χ4n) is 5.86. The second-order valence-electron chi connectivity index (χ2n) is 13.5. The fraction of sp³-hybridized carbons (Fsp3) is 0.846. The molecule has 1 N–H and O–H groups in total. The summed E-state index contributed by atoms with van der Waals surface area (Å²) in [4.78, 5) is 23.9. The Bertz CT molecular complexity index is 759. The molecule has 2 aliphatic heterocycles. The minimum Gasteiger partial charge on any atom is -0.463 e. The maximum absolute atomic E-state index is 12.0. The Kier molecular flexibility index (Phi) is 24.0. The smallest absolute Gasteiger partial charge is 0.305 e. The number of carbonyl (C=O) groups is 2. The van der Waals surface area contributed by atoms with Crippen LogP contribution in [0.2, 0.25) is 0 Å². The minimum atomic E-state index is -0.981. The third-order valence-electron chi connectivity index (χ3n) is 9.01. The Morgan fingerprint density at radius 1 is 0.565 bits per heavy atom. The van der Waals surface area contributed by atoms with Crippen LogP contribution in [0.25, 0.3) is 0 Å². The Morgan fingerprint density at radius 3 is 1.41 bits per heavy atom. The van der Waals surface area contributed by atoms with E-state index in [4.69, 9.17) is 18.9 Å². The topological polar surface area (TPSA) is 97.9 Å². The number of aliphatic hydroxyl groups excluding tert-OH is 1. The molecular weight excluding hydrogens is 580 g/mol. The number of carbonyl (C=O) groups excluding carboxylic acids is 2. The number of ether oxygens (including phenoxy) is 4. The number of unbranched alkanes of at least 4 members (excludes halogenated alkanes) is 14. The van der Waals surface area contributed by atoms with Gasteiger partial charge >= 0.3 is 11.9 Å². The van der Waals surface area contributed by atoms with Crippen LogP contribution in [0.15, 0.2) is 24.3 Å². The number of hydrogen-bond donors (Lipinski definition) is 1. The van der Waals surface area contributed by atoms with Gasteiger partial charge in [-0.3, -0.25) is 9.59 Å². The molecule has 2 aliphatic rings. The normalized spacial score (nSPS) is 21.2. The standard InChI is InChI=1S/C39H68O7/c1-3-5-19-25-34-36(45-34)27-21-15-11-7-9-13-17-23-29-38(41)43-31-33(40)32-44-39(42)30-24-18-14-10-8-12-16-22-28-37-35(46-37)26-20-6-4-2/h15-16,21-22,33-37,40H,3-14,17-20,23-32H2,1-2H3/b21-15+,22-16+. The minimum absolute atomic E-state index is 0.133. The van der Waals surface area contributed by atoms with E-state index >= 15 is 0 Å². The fourth-order valence-corrected chi connectivity index (χ4v) is 5.86. The third-order valence-corrected chi connectivity index (χ3v) is 9.01. The van der Waals surface area contributed by atoms with Crippen molar-refractivity contribution in [1.82, 2.24) is 0 Å². The molecule has 7 nitrogen and oxygen atoms in total. The largest absolute Gasteiger partial charge is 0.463 e. The van der Waals surface area contributed by atoms with Crippen LogP contribution in [0.3, 0.4) is 0 Å². The van der Waals surface area contributed by atoms with Crippen LogP contribution >= 0.6 is 0 Å². The lowest BCUT2D eigenvalue weighted by Gasteiger charge is -2.12. The van der Waals surface area contributed by atoms with E-state index < -0.39 is 6.10 Å². The molecule has 0 aromatic rings. The van der Waals surface area contributed by atoms with Crippen molar-refractivity contribution in [2.45, 2.75) is 198 Å². The SMILES string of the molecule is CCCCCC1OC1C/C=C/CCCCCCCC(=O)OCC(O)COC(=O)CCCCCCC/C=C/CC1OC1CCCCC.